The van der Waals surface area contributed by atoms with Gasteiger partial charge in [0, 0.05) is 17.8 Å². The van der Waals surface area contributed by atoms with Gasteiger partial charge in [0.25, 0.3) is 0 Å². The number of hydrogen-bond donors (Lipinski definition) is 2. The summed E-state index contributed by atoms with van der Waals surface area (Å²) in [7, 11) is 1.77. The number of H-pyrrole nitrogens is 1. The van der Waals surface area contributed by atoms with Crippen molar-refractivity contribution in [1.29, 1.82) is 0 Å². The Kier molecular flexibility index (Phi) is 1.80. The van der Waals surface area contributed by atoms with Gasteiger partial charge < -0.3 is 14.7 Å². The highest BCUT2D eigenvalue weighted by molar-refractivity contribution is 6.09. The molecule has 86 valence electrons. The summed E-state index contributed by atoms with van der Waals surface area (Å²) in [5.41, 5.74) is 1.56. The van der Waals surface area contributed by atoms with E-state index < -0.39 is 5.97 Å². The molecule has 0 bridgehead atoms. The van der Waals surface area contributed by atoms with Crippen LogP contribution in [0.2, 0.25) is 0 Å². The number of aromatic carboxylic acids is 1. The first-order valence-corrected chi connectivity index (χ1v) is 5.08. The Hall–Kier alpha value is -2.30. The topological polar surface area (TPSA) is 58.0 Å². The van der Waals surface area contributed by atoms with Crippen LogP contribution < -0.4 is 0 Å². The van der Waals surface area contributed by atoms with E-state index in [1.54, 1.807) is 23.7 Å². The second-order valence-corrected chi connectivity index (χ2v) is 3.97. The number of aromatic nitrogens is 2. The van der Waals surface area contributed by atoms with E-state index in [4.69, 9.17) is 5.11 Å². The van der Waals surface area contributed by atoms with Gasteiger partial charge in [-0.15, -0.1) is 0 Å². The van der Waals surface area contributed by atoms with Gasteiger partial charge >= 0.3 is 5.97 Å². The predicted octanol–water partition coefficient (Wildman–Crippen LogP) is 2.50. The third-order valence-electron chi connectivity index (χ3n) is 2.97. The maximum atomic E-state index is 13.1. The molecule has 1 aromatic carbocycles. The molecule has 3 aromatic rings. The predicted molar refractivity (Wildman–Crippen MR) is 61.7 cm³/mol. The average Bonchev–Trinajstić information content (AvgIpc) is 2.80. The van der Waals surface area contributed by atoms with Crippen molar-refractivity contribution in [2.75, 3.05) is 0 Å². The lowest BCUT2D eigenvalue weighted by atomic mass is 10.2. The van der Waals surface area contributed by atoms with E-state index in [-0.39, 0.29) is 11.5 Å². The van der Waals surface area contributed by atoms with Crippen LogP contribution in [0.3, 0.4) is 0 Å². The molecule has 0 aliphatic rings. The van der Waals surface area contributed by atoms with E-state index in [1.807, 2.05) is 0 Å². The maximum Gasteiger partial charge on any atom is 0.352 e. The summed E-state index contributed by atoms with van der Waals surface area (Å²) in [6, 6.07) is 6.03. The van der Waals surface area contributed by atoms with Crippen LogP contribution in [0.4, 0.5) is 4.39 Å². The lowest BCUT2D eigenvalue weighted by Gasteiger charge is -1.97. The molecule has 0 saturated heterocycles. The molecule has 0 saturated carbocycles. The molecule has 0 aliphatic heterocycles. The molecule has 0 aliphatic carbocycles. The third-order valence-corrected chi connectivity index (χ3v) is 2.97. The highest BCUT2D eigenvalue weighted by atomic mass is 19.1. The number of fused-ring (bicyclic) bond motifs is 3. The highest BCUT2D eigenvalue weighted by Crippen LogP contribution is 2.28. The largest absolute Gasteiger partial charge is 0.477 e. The van der Waals surface area contributed by atoms with Crippen LogP contribution in [-0.2, 0) is 7.05 Å². The van der Waals surface area contributed by atoms with Crippen molar-refractivity contribution in [2.45, 2.75) is 0 Å². The van der Waals surface area contributed by atoms with Crippen molar-refractivity contribution >= 4 is 27.9 Å². The first-order chi connectivity index (χ1) is 8.08. The molecule has 0 fully saturated rings. The van der Waals surface area contributed by atoms with E-state index in [0.29, 0.717) is 5.65 Å². The second kappa shape index (κ2) is 3.10. The number of rotatable bonds is 1. The van der Waals surface area contributed by atoms with Crippen LogP contribution in [0.25, 0.3) is 21.9 Å². The first-order valence-electron chi connectivity index (χ1n) is 5.08. The van der Waals surface area contributed by atoms with Gasteiger partial charge in [-0.2, -0.15) is 0 Å². The molecule has 2 aromatic heterocycles. The molecule has 5 heteroatoms. The standard InChI is InChI=1S/C12H9FN2O2/c1-15-10-4-6(13)2-3-7(10)8-5-9(12(16)17)14-11(8)15/h2-5,14H,1H3,(H,16,17). The Balaban J connectivity index is 2.46. The Morgan fingerprint density at radius 2 is 2.12 bits per heavy atom. The summed E-state index contributed by atoms with van der Waals surface area (Å²) in [6.45, 7) is 0. The summed E-state index contributed by atoms with van der Waals surface area (Å²) >= 11 is 0. The number of carbonyl (C=O) groups is 1. The molecule has 2 N–H and O–H groups in total. The lowest BCUT2D eigenvalue weighted by Crippen LogP contribution is -1.97. The highest BCUT2D eigenvalue weighted by Gasteiger charge is 2.14. The average molecular weight is 232 g/mol. The SMILES string of the molecule is Cn1c2cc(F)ccc2c2cc(C(=O)O)[nH]c21. The lowest BCUT2D eigenvalue weighted by molar-refractivity contribution is 0.0691. The fourth-order valence-electron chi connectivity index (χ4n) is 2.16. The van der Waals surface area contributed by atoms with E-state index >= 15 is 0 Å². The number of hydrogen-bond acceptors (Lipinski definition) is 1. The molecule has 0 spiro atoms. The van der Waals surface area contributed by atoms with Crippen LogP contribution in [0, 0.1) is 5.82 Å². The minimum Gasteiger partial charge on any atom is -0.477 e. The van der Waals surface area contributed by atoms with Crippen molar-refractivity contribution < 1.29 is 14.3 Å². The second-order valence-electron chi connectivity index (χ2n) is 3.97. The first kappa shape index (κ1) is 9.89. The zero-order valence-electron chi connectivity index (χ0n) is 8.99. The van der Waals surface area contributed by atoms with Gasteiger partial charge in [0.15, 0.2) is 0 Å². The fraction of sp³-hybridized carbons (Fsp3) is 0.0833. The minimum atomic E-state index is -1.00. The molecular weight excluding hydrogens is 223 g/mol. The van der Waals surface area contributed by atoms with Crippen molar-refractivity contribution in [3.05, 3.63) is 35.8 Å². The van der Waals surface area contributed by atoms with Crippen LogP contribution in [0.15, 0.2) is 24.3 Å². The molecule has 17 heavy (non-hydrogen) atoms. The number of nitrogens with zero attached hydrogens (tertiary/aromatic N) is 1. The Morgan fingerprint density at radius 3 is 2.82 bits per heavy atom. The van der Waals surface area contributed by atoms with E-state index in [9.17, 15) is 9.18 Å². The molecule has 0 amide bonds. The molecule has 0 radical (unpaired) electrons. The maximum absolute atomic E-state index is 13.1. The van der Waals surface area contributed by atoms with Crippen molar-refractivity contribution in [2.24, 2.45) is 7.05 Å². The van der Waals surface area contributed by atoms with Gasteiger partial charge in [-0.3, -0.25) is 0 Å². The number of nitrogens with one attached hydrogen (secondary N) is 1. The van der Waals surface area contributed by atoms with Crippen molar-refractivity contribution in [3.8, 4) is 0 Å². The monoisotopic (exact) mass is 232 g/mol. The van der Waals surface area contributed by atoms with Crippen LogP contribution in [0.1, 0.15) is 10.5 Å². The Labute approximate surface area is 95.3 Å². The Morgan fingerprint density at radius 1 is 1.35 bits per heavy atom. The van der Waals surface area contributed by atoms with Crippen LogP contribution in [-0.4, -0.2) is 20.6 Å². The van der Waals surface area contributed by atoms with Gasteiger partial charge in [0.2, 0.25) is 0 Å². The molecule has 4 nitrogen and oxygen atoms in total. The van der Waals surface area contributed by atoms with Gasteiger partial charge in [0.05, 0.1) is 5.52 Å². The number of benzene rings is 1. The molecule has 0 atom stereocenters. The van der Waals surface area contributed by atoms with Crippen molar-refractivity contribution in [3.63, 3.8) is 0 Å². The summed E-state index contributed by atoms with van der Waals surface area (Å²) in [4.78, 5) is 13.7. The summed E-state index contributed by atoms with van der Waals surface area (Å²) in [6.07, 6.45) is 0. The van der Waals surface area contributed by atoms with E-state index in [2.05, 4.69) is 4.98 Å². The minimum absolute atomic E-state index is 0.136. The zero-order chi connectivity index (χ0) is 12.2. The number of halogens is 1. The van der Waals surface area contributed by atoms with E-state index in [1.165, 1.54) is 12.1 Å². The normalized spacial score (nSPS) is 11.4. The van der Waals surface area contributed by atoms with Crippen molar-refractivity contribution in [1.82, 2.24) is 9.55 Å². The van der Waals surface area contributed by atoms with Gasteiger partial charge in [-0.25, -0.2) is 9.18 Å². The van der Waals surface area contributed by atoms with Gasteiger partial charge in [0.1, 0.15) is 17.2 Å². The molecule has 0 unspecified atom stereocenters. The van der Waals surface area contributed by atoms with Crippen LogP contribution in [0.5, 0.6) is 0 Å². The molecule has 2 heterocycles. The summed E-state index contributed by atoms with van der Waals surface area (Å²) in [5, 5.41) is 10.5. The van der Waals surface area contributed by atoms with E-state index in [0.717, 1.165) is 16.3 Å². The fourth-order valence-corrected chi connectivity index (χ4v) is 2.16. The summed E-state index contributed by atoms with van der Waals surface area (Å²) in [5.74, 6) is -1.31. The third kappa shape index (κ3) is 1.25. The molecular formula is C12H9FN2O2. The number of carboxylic acids is 1. The smallest absolute Gasteiger partial charge is 0.352 e. The quantitative estimate of drug-likeness (QED) is 0.677. The molecule has 3 rings (SSSR count). The van der Waals surface area contributed by atoms with Gasteiger partial charge in [-0.05, 0) is 24.3 Å². The summed E-state index contributed by atoms with van der Waals surface area (Å²) < 4.78 is 14.9. The number of aromatic amines is 1. The number of carboxylic acid groups (broad SMARTS) is 1. The number of aryl methyl sites for hydroxylation is 1. The van der Waals surface area contributed by atoms with Crippen LogP contribution >= 0.6 is 0 Å². The zero-order valence-corrected chi connectivity index (χ0v) is 8.99. The van der Waals surface area contributed by atoms with Gasteiger partial charge in [-0.1, -0.05) is 0 Å². The Bertz CT molecular complexity index is 755.